The van der Waals surface area contributed by atoms with Gasteiger partial charge in [0, 0.05) is 12.1 Å². The van der Waals surface area contributed by atoms with Gasteiger partial charge in [-0.05, 0) is 20.3 Å². The highest BCUT2D eigenvalue weighted by Crippen LogP contribution is 2.31. The highest BCUT2D eigenvalue weighted by molar-refractivity contribution is 4.95. The number of hydrogen-bond acceptors (Lipinski definition) is 2. The summed E-state index contributed by atoms with van der Waals surface area (Å²) in [7, 11) is 0. The van der Waals surface area contributed by atoms with E-state index in [0.717, 1.165) is 0 Å². The summed E-state index contributed by atoms with van der Waals surface area (Å²) in [5.41, 5.74) is -0.754. The summed E-state index contributed by atoms with van der Waals surface area (Å²) >= 11 is 0. The van der Waals surface area contributed by atoms with Crippen molar-refractivity contribution in [1.82, 2.24) is 4.90 Å². The summed E-state index contributed by atoms with van der Waals surface area (Å²) in [6.07, 6.45) is -4.42. The Hall–Kier alpha value is -0.290. The third-order valence-corrected chi connectivity index (χ3v) is 2.67. The Bertz CT molecular complexity index is 190. The Balaban J connectivity index is 2.63. The number of nitrogens with zero attached hydrogens (tertiary/aromatic N) is 1. The van der Waals surface area contributed by atoms with E-state index in [1.165, 1.54) is 4.90 Å². The quantitative estimate of drug-likeness (QED) is 0.686. The van der Waals surface area contributed by atoms with E-state index in [2.05, 4.69) is 0 Å². The minimum absolute atomic E-state index is 0.313. The minimum Gasteiger partial charge on any atom is -0.391 e. The molecule has 0 radical (unpaired) electrons. The van der Waals surface area contributed by atoms with Crippen LogP contribution in [0.15, 0.2) is 0 Å². The van der Waals surface area contributed by atoms with Crippen LogP contribution >= 0.6 is 0 Å². The molecule has 0 saturated carbocycles. The van der Waals surface area contributed by atoms with Crippen LogP contribution in [0.2, 0.25) is 0 Å². The lowest BCUT2D eigenvalue weighted by atomic mass is 9.99. The molecule has 1 unspecified atom stereocenters. The first-order chi connectivity index (χ1) is 5.73. The second-order valence-corrected chi connectivity index (χ2v) is 3.99. The number of alkyl halides is 3. The molecule has 0 spiro atoms. The van der Waals surface area contributed by atoms with Gasteiger partial charge in [0.1, 0.15) is 0 Å². The number of rotatable bonds is 1. The van der Waals surface area contributed by atoms with E-state index < -0.39 is 24.4 Å². The predicted octanol–water partition coefficient (Wildman–Crippen LogP) is 1.39. The van der Waals surface area contributed by atoms with Gasteiger partial charge < -0.3 is 5.11 Å². The van der Waals surface area contributed by atoms with Crippen molar-refractivity contribution in [2.75, 3.05) is 13.1 Å². The Morgan fingerprint density at radius 2 is 2.00 bits per heavy atom. The largest absolute Gasteiger partial charge is 0.401 e. The topological polar surface area (TPSA) is 23.5 Å². The number of aliphatic hydroxyl groups is 1. The van der Waals surface area contributed by atoms with Crippen LogP contribution in [-0.2, 0) is 0 Å². The van der Waals surface area contributed by atoms with Crippen molar-refractivity contribution in [2.24, 2.45) is 0 Å². The first-order valence-corrected chi connectivity index (χ1v) is 4.23. The summed E-state index contributed by atoms with van der Waals surface area (Å²) in [5, 5.41) is 9.42. The van der Waals surface area contributed by atoms with Crippen LogP contribution in [0.5, 0.6) is 0 Å². The molecular weight excluding hydrogens is 183 g/mol. The van der Waals surface area contributed by atoms with Gasteiger partial charge in [0.25, 0.3) is 0 Å². The van der Waals surface area contributed by atoms with Crippen molar-refractivity contribution in [3.63, 3.8) is 0 Å². The minimum atomic E-state index is -4.18. The van der Waals surface area contributed by atoms with E-state index in [1.54, 1.807) is 13.8 Å². The van der Waals surface area contributed by atoms with Crippen molar-refractivity contribution in [3.05, 3.63) is 0 Å². The van der Waals surface area contributed by atoms with Gasteiger partial charge in [0.15, 0.2) is 0 Å². The lowest BCUT2D eigenvalue weighted by molar-refractivity contribution is -0.155. The SMILES string of the molecule is CC1(C)C(O)CCN1CC(F)(F)F. The molecule has 1 rings (SSSR count). The molecule has 0 bridgehead atoms. The van der Waals surface area contributed by atoms with E-state index in [9.17, 15) is 18.3 Å². The molecule has 1 heterocycles. The molecule has 1 aliphatic rings. The molecule has 78 valence electrons. The lowest BCUT2D eigenvalue weighted by Crippen LogP contribution is -2.48. The van der Waals surface area contributed by atoms with Crippen LogP contribution < -0.4 is 0 Å². The normalized spacial score (nSPS) is 29.5. The molecule has 1 fully saturated rings. The third kappa shape index (κ3) is 2.34. The molecule has 5 heteroatoms. The maximum atomic E-state index is 12.1. The molecular formula is C8H14F3NO. The summed E-state index contributed by atoms with van der Waals surface area (Å²) in [6, 6.07) is 0. The standard InChI is InChI=1S/C8H14F3NO/c1-7(2)6(13)3-4-12(7)5-8(9,10)11/h6,13H,3-5H2,1-2H3. The maximum Gasteiger partial charge on any atom is 0.401 e. The average molecular weight is 197 g/mol. The molecule has 0 aliphatic carbocycles. The van der Waals surface area contributed by atoms with Crippen molar-refractivity contribution >= 4 is 0 Å². The number of hydrogen-bond donors (Lipinski definition) is 1. The zero-order valence-electron chi connectivity index (χ0n) is 7.73. The molecule has 1 atom stereocenters. The van der Waals surface area contributed by atoms with Gasteiger partial charge in [-0.2, -0.15) is 13.2 Å². The highest BCUT2D eigenvalue weighted by atomic mass is 19.4. The molecule has 0 aromatic carbocycles. The molecule has 1 aliphatic heterocycles. The first-order valence-electron chi connectivity index (χ1n) is 4.23. The van der Waals surface area contributed by atoms with E-state index in [-0.39, 0.29) is 0 Å². The highest BCUT2D eigenvalue weighted by Gasteiger charge is 2.44. The van der Waals surface area contributed by atoms with Crippen molar-refractivity contribution in [2.45, 2.75) is 38.1 Å². The van der Waals surface area contributed by atoms with Crippen LogP contribution in [0.25, 0.3) is 0 Å². The van der Waals surface area contributed by atoms with Crippen LogP contribution in [0.4, 0.5) is 13.2 Å². The fourth-order valence-corrected chi connectivity index (χ4v) is 1.63. The molecule has 0 aromatic heterocycles. The monoisotopic (exact) mass is 197 g/mol. The van der Waals surface area contributed by atoms with E-state index >= 15 is 0 Å². The molecule has 2 nitrogen and oxygen atoms in total. The van der Waals surface area contributed by atoms with Crippen molar-refractivity contribution < 1.29 is 18.3 Å². The fraction of sp³-hybridized carbons (Fsp3) is 1.00. The van der Waals surface area contributed by atoms with Gasteiger partial charge in [0.2, 0.25) is 0 Å². The predicted molar refractivity (Wildman–Crippen MR) is 42.3 cm³/mol. The molecule has 13 heavy (non-hydrogen) atoms. The molecule has 0 amide bonds. The van der Waals surface area contributed by atoms with Gasteiger partial charge in [-0.3, -0.25) is 4.90 Å². The summed E-state index contributed by atoms with van der Waals surface area (Å²) in [6.45, 7) is 2.65. The second kappa shape index (κ2) is 3.13. The van der Waals surface area contributed by atoms with Crippen LogP contribution in [0.1, 0.15) is 20.3 Å². The van der Waals surface area contributed by atoms with Gasteiger partial charge in [0.05, 0.1) is 12.6 Å². The van der Waals surface area contributed by atoms with Crippen molar-refractivity contribution in [1.29, 1.82) is 0 Å². The molecule has 1 saturated heterocycles. The second-order valence-electron chi connectivity index (χ2n) is 3.99. The van der Waals surface area contributed by atoms with Crippen LogP contribution in [-0.4, -0.2) is 40.9 Å². The van der Waals surface area contributed by atoms with E-state index in [1.807, 2.05) is 0 Å². The molecule has 0 aromatic rings. The van der Waals surface area contributed by atoms with Gasteiger partial charge in [-0.15, -0.1) is 0 Å². The van der Waals surface area contributed by atoms with E-state index in [4.69, 9.17) is 0 Å². The summed E-state index contributed by atoms with van der Waals surface area (Å²) < 4.78 is 36.2. The Labute approximate surface area is 75.3 Å². The molecule has 1 N–H and O–H groups in total. The number of likely N-dealkylation sites (tertiary alicyclic amines) is 1. The fourth-order valence-electron chi connectivity index (χ4n) is 1.63. The average Bonchev–Trinajstić information content (AvgIpc) is 2.13. The zero-order valence-corrected chi connectivity index (χ0v) is 7.73. The lowest BCUT2D eigenvalue weighted by Gasteiger charge is -2.34. The third-order valence-electron chi connectivity index (χ3n) is 2.67. The van der Waals surface area contributed by atoms with Crippen LogP contribution in [0.3, 0.4) is 0 Å². The first kappa shape index (κ1) is 10.8. The smallest absolute Gasteiger partial charge is 0.391 e. The van der Waals surface area contributed by atoms with Gasteiger partial charge >= 0.3 is 6.18 Å². The Morgan fingerprint density at radius 1 is 1.46 bits per heavy atom. The van der Waals surface area contributed by atoms with E-state index in [0.29, 0.717) is 13.0 Å². The zero-order chi connectivity index (χ0) is 10.3. The Kier molecular flexibility index (Phi) is 2.60. The van der Waals surface area contributed by atoms with Crippen molar-refractivity contribution in [3.8, 4) is 0 Å². The number of aliphatic hydroxyl groups excluding tert-OH is 1. The van der Waals surface area contributed by atoms with Crippen LogP contribution in [0, 0.1) is 0 Å². The summed E-state index contributed by atoms with van der Waals surface area (Å²) in [5.74, 6) is 0. The van der Waals surface area contributed by atoms with Gasteiger partial charge in [-0.1, -0.05) is 0 Å². The van der Waals surface area contributed by atoms with Gasteiger partial charge in [-0.25, -0.2) is 0 Å². The number of halogens is 3. The maximum absolute atomic E-state index is 12.1. The Morgan fingerprint density at radius 3 is 2.31 bits per heavy atom. The summed E-state index contributed by atoms with van der Waals surface area (Å²) in [4.78, 5) is 1.28.